The highest BCUT2D eigenvalue weighted by Gasteiger charge is 2.07. The van der Waals surface area contributed by atoms with Crippen LogP contribution in [0.4, 0.5) is 5.69 Å². The second-order valence-electron chi connectivity index (χ2n) is 5.33. The van der Waals surface area contributed by atoms with E-state index in [4.69, 9.17) is 4.42 Å². The molecule has 0 saturated carbocycles. The van der Waals surface area contributed by atoms with Gasteiger partial charge in [0.15, 0.2) is 5.75 Å². The van der Waals surface area contributed by atoms with Gasteiger partial charge < -0.3 is 14.4 Å². The number of aromatic hydroxyl groups is 1. The van der Waals surface area contributed by atoms with Crippen LogP contribution in [0.2, 0.25) is 0 Å². The third-order valence-electron chi connectivity index (χ3n) is 3.17. The van der Waals surface area contributed by atoms with Crippen LogP contribution in [0.15, 0.2) is 45.8 Å². The standard InChI is InChI=1S/C16H20N2O3/c1-17(2)13-6-4-5-12(7-13)9-18(3)10-14-8-15(19)16(20)11-21-14/h4-8,11,20H,9-10H2,1-3H3. The van der Waals surface area contributed by atoms with Crippen LogP contribution in [0.25, 0.3) is 0 Å². The van der Waals surface area contributed by atoms with Crippen molar-refractivity contribution in [3.8, 4) is 5.75 Å². The van der Waals surface area contributed by atoms with Crippen molar-refractivity contribution in [3.05, 3.63) is 58.1 Å². The summed E-state index contributed by atoms with van der Waals surface area (Å²) in [4.78, 5) is 15.5. The molecule has 5 nitrogen and oxygen atoms in total. The van der Waals surface area contributed by atoms with Gasteiger partial charge in [0.2, 0.25) is 5.43 Å². The van der Waals surface area contributed by atoms with Crippen molar-refractivity contribution in [1.29, 1.82) is 0 Å². The fraction of sp³-hybridized carbons (Fsp3) is 0.312. The number of nitrogens with zero attached hydrogens (tertiary/aromatic N) is 2. The van der Waals surface area contributed by atoms with Crippen molar-refractivity contribution in [2.45, 2.75) is 13.1 Å². The number of anilines is 1. The Morgan fingerprint density at radius 1 is 1.14 bits per heavy atom. The lowest BCUT2D eigenvalue weighted by molar-refractivity contribution is 0.281. The van der Waals surface area contributed by atoms with E-state index in [-0.39, 0.29) is 5.75 Å². The van der Waals surface area contributed by atoms with Gasteiger partial charge in [-0.1, -0.05) is 12.1 Å². The maximum absolute atomic E-state index is 11.4. The summed E-state index contributed by atoms with van der Waals surface area (Å²) in [6.45, 7) is 1.24. The maximum Gasteiger partial charge on any atom is 0.226 e. The summed E-state index contributed by atoms with van der Waals surface area (Å²) in [5.41, 5.74) is 1.92. The van der Waals surface area contributed by atoms with E-state index in [1.165, 1.54) is 11.6 Å². The lowest BCUT2D eigenvalue weighted by Gasteiger charge is -2.18. The smallest absolute Gasteiger partial charge is 0.226 e. The van der Waals surface area contributed by atoms with Gasteiger partial charge in [0, 0.05) is 32.4 Å². The monoisotopic (exact) mass is 288 g/mol. The minimum absolute atomic E-state index is 0.361. The van der Waals surface area contributed by atoms with Crippen molar-refractivity contribution >= 4 is 5.69 Å². The van der Waals surface area contributed by atoms with E-state index in [2.05, 4.69) is 23.1 Å². The minimum Gasteiger partial charge on any atom is -0.502 e. The van der Waals surface area contributed by atoms with Crippen LogP contribution >= 0.6 is 0 Å². The molecule has 0 bridgehead atoms. The second-order valence-corrected chi connectivity index (χ2v) is 5.33. The normalized spacial score (nSPS) is 10.9. The molecule has 0 saturated heterocycles. The average Bonchev–Trinajstić information content (AvgIpc) is 2.43. The summed E-state index contributed by atoms with van der Waals surface area (Å²) in [6, 6.07) is 9.60. The van der Waals surface area contributed by atoms with E-state index in [0.29, 0.717) is 12.3 Å². The summed E-state index contributed by atoms with van der Waals surface area (Å²) in [5, 5.41) is 9.17. The van der Waals surface area contributed by atoms with Gasteiger partial charge in [0.25, 0.3) is 0 Å². The zero-order valence-electron chi connectivity index (χ0n) is 12.5. The van der Waals surface area contributed by atoms with Crippen LogP contribution in [0.3, 0.4) is 0 Å². The Morgan fingerprint density at radius 2 is 1.90 bits per heavy atom. The van der Waals surface area contributed by atoms with E-state index < -0.39 is 5.43 Å². The lowest BCUT2D eigenvalue weighted by atomic mass is 10.2. The molecule has 5 heteroatoms. The molecule has 0 aliphatic rings. The van der Waals surface area contributed by atoms with Gasteiger partial charge in [-0.3, -0.25) is 9.69 Å². The Bertz CT molecular complexity index is 665. The molecule has 1 N–H and O–H groups in total. The van der Waals surface area contributed by atoms with Gasteiger partial charge in [-0.05, 0) is 24.7 Å². The van der Waals surface area contributed by atoms with Gasteiger partial charge in [-0.2, -0.15) is 0 Å². The predicted molar refractivity (Wildman–Crippen MR) is 82.6 cm³/mol. The quantitative estimate of drug-likeness (QED) is 0.912. The van der Waals surface area contributed by atoms with Crippen molar-refractivity contribution in [3.63, 3.8) is 0 Å². The van der Waals surface area contributed by atoms with Gasteiger partial charge in [0.05, 0.1) is 6.54 Å². The molecule has 0 atom stereocenters. The summed E-state index contributed by atoms with van der Waals surface area (Å²) in [6.07, 6.45) is 1.08. The van der Waals surface area contributed by atoms with Crippen LogP contribution in [0.5, 0.6) is 5.75 Å². The van der Waals surface area contributed by atoms with E-state index in [9.17, 15) is 9.90 Å². The molecule has 0 aliphatic carbocycles. The summed E-state index contributed by atoms with van der Waals surface area (Å²) >= 11 is 0. The van der Waals surface area contributed by atoms with Gasteiger partial charge >= 0.3 is 0 Å². The molecule has 1 heterocycles. The first-order valence-corrected chi connectivity index (χ1v) is 6.71. The summed E-state index contributed by atoms with van der Waals surface area (Å²) < 4.78 is 5.21. The molecule has 0 spiro atoms. The van der Waals surface area contributed by atoms with Crippen molar-refractivity contribution in [2.75, 3.05) is 26.0 Å². The number of hydrogen-bond donors (Lipinski definition) is 1. The fourth-order valence-electron chi connectivity index (χ4n) is 2.09. The molecule has 0 aliphatic heterocycles. The maximum atomic E-state index is 11.4. The van der Waals surface area contributed by atoms with Crippen molar-refractivity contribution in [2.24, 2.45) is 0 Å². The van der Waals surface area contributed by atoms with Crippen LogP contribution in [0, 0.1) is 0 Å². The van der Waals surface area contributed by atoms with Crippen LogP contribution in [0.1, 0.15) is 11.3 Å². The zero-order valence-corrected chi connectivity index (χ0v) is 12.5. The highest BCUT2D eigenvalue weighted by molar-refractivity contribution is 5.47. The Balaban J connectivity index is 2.04. The lowest BCUT2D eigenvalue weighted by Crippen LogP contribution is -2.18. The molecular weight excluding hydrogens is 268 g/mol. The second kappa shape index (κ2) is 6.45. The minimum atomic E-state index is -0.417. The molecule has 112 valence electrons. The SMILES string of the molecule is CN(Cc1cccc(N(C)C)c1)Cc1cc(=O)c(O)co1. The largest absolute Gasteiger partial charge is 0.502 e. The Kier molecular flexibility index (Phi) is 4.65. The van der Waals surface area contributed by atoms with E-state index in [1.54, 1.807) is 0 Å². The summed E-state index contributed by atoms with van der Waals surface area (Å²) in [7, 11) is 5.97. The van der Waals surface area contributed by atoms with Crippen LogP contribution in [-0.2, 0) is 13.1 Å². The average molecular weight is 288 g/mol. The third-order valence-corrected chi connectivity index (χ3v) is 3.17. The van der Waals surface area contributed by atoms with Gasteiger partial charge in [0.1, 0.15) is 12.0 Å². The molecule has 0 radical (unpaired) electrons. The van der Waals surface area contributed by atoms with E-state index in [1.807, 2.05) is 32.1 Å². The Hall–Kier alpha value is -2.27. The predicted octanol–water partition coefficient (Wildman–Crippen LogP) is 2.04. The van der Waals surface area contributed by atoms with Gasteiger partial charge in [-0.25, -0.2) is 0 Å². The fourth-order valence-corrected chi connectivity index (χ4v) is 2.09. The Labute approximate surface area is 124 Å². The van der Waals surface area contributed by atoms with E-state index >= 15 is 0 Å². The molecule has 0 amide bonds. The van der Waals surface area contributed by atoms with Crippen molar-refractivity contribution < 1.29 is 9.52 Å². The highest BCUT2D eigenvalue weighted by atomic mass is 16.4. The molecule has 21 heavy (non-hydrogen) atoms. The molecule has 0 unspecified atom stereocenters. The van der Waals surface area contributed by atoms with Gasteiger partial charge in [-0.15, -0.1) is 0 Å². The summed E-state index contributed by atoms with van der Waals surface area (Å²) in [5.74, 6) is 0.171. The molecule has 2 rings (SSSR count). The third kappa shape index (κ3) is 4.10. The number of rotatable bonds is 5. The first-order chi connectivity index (χ1) is 9.95. The topological polar surface area (TPSA) is 56.9 Å². The van der Waals surface area contributed by atoms with Crippen LogP contribution in [-0.4, -0.2) is 31.1 Å². The van der Waals surface area contributed by atoms with Crippen LogP contribution < -0.4 is 10.3 Å². The Morgan fingerprint density at radius 3 is 2.57 bits per heavy atom. The molecule has 0 fully saturated rings. The first-order valence-electron chi connectivity index (χ1n) is 6.71. The highest BCUT2D eigenvalue weighted by Crippen LogP contribution is 2.15. The molecule has 1 aromatic carbocycles. The first kappa shape index (κ1) is 15.1. The molecule has 1 aromatic heterocycles. The zero-order chi connectivity index (χ0) is 15.4. The number of benzene rings is 1. The van der Waals surface area contributed by atoms with E-state index in [0.717, 1.165) is 18.5 Å². The number of hydrogen-bond acceptors (Lipinski definition) is 5. The molecular formula is C16H20N2O3. The van der Waals surface area contributed by atoms with Crippen molar-refractivity contribution in [1.82, 2.24) is 4.90 Å². The molecule has 2 aromatic rings.